The monoisotopic (exact) mass is 425 g/mol. The Morgan fingerprint density at radius 2 is 1.32 bits per heavy atom. The van der Waals surface area contributed by atoms with Gasteiger partial charge in [-0.15, -0.1) is 0 Å². The molecule has 1 heterocycles. The van der Waals surface area contributed by atoms with Crippen molar-refractivity contribution < 1.29 is 23.4 Å². The Morgan fingerprint density at radius 3 is 1.81 bits per heavy atom. The number of benzene rings is 3. The van der Waals surface area contributed by atoms with Gasteiger partial charge in [0.25, 0.3) is 0 Å². The molecular formula is C25H25F2NO3. The van der Waals surface area contributed by atoms with Gasteiger partial charge in [-0.25, -0.2) is 0 Å². The molecule has 1 atom stereocenters. The third-order valence-electron chi connectivity index (χ3n) is 5.86. The van der Waals surface area contributed by atoms with E-state index in [-0.39, 0.29) is 5.75 Å². The minimum Gasteiger partial charge on any atom is -0.457 e. The summed E-state index contributed by atoms with van der Waals surface area (Å²) in [5, 5.41) is 12.0. The van der Waals surface area contributed by atoms with Crippen molar-refractivity contribution in [1.82, 2.24) is 4.90 Å². The molecule has 0 saturated carbocycles. The molecule has 0 aliphatic carbocycles. The molecule has 1 saturated heterocycles. The summed E-state index contributed by atoms with van der Waals surface area (Å²) in [7, 11) is 2.00. The predicted octanol–water partition coefficient (Wildman–Crippen LogP) is 5.27. The van der Waals surface area contributed by atoms with E-state index in [1.807, 2.05) is 68.6 Å². The zero-order valence-corrected chi connectivity index (χ0v) is 17.5. The van der Waals surface area contributed by atoms with Gasteiger partial charge in [-0.05, 0) is 54.6 Å². The quantitative estimate of drug-likeness (QED) is 0.560. The third-order valence-corrected chi connectivity index (χ3v) is 5.86. The van der Waals surface area contributed by atoms with E-state index in [2.05, 4.69) is 9.64 Å². The average Bonchev–Trinajstić information content (AvgIpc) is 2.73. The van der Waals surface area contributed by atoms with Crippen LogP contribution in [0.5, 0.6) is 17.2 Å². The number of hydrogen-bond donors (Lipinski definition) is 1. The van der Waals surface area contributed by atoms with E-state index in [9.17, 15) is 13.9 Å². The maximum Gasteiger partial charge on any atom is 0.387 e. The summed E-state index contributed by atoms with van der Waals surface area (Å²) in [5.41, 5.74) is -0.421. The molecule has 0 bridgehead atoms. The molecule has 1 aliphatic heterocycles. The number of rotatable bonds is 7. The van der Waals surface area contributed by atoms with Crippen LogP contribution in [-0.2, 0) is 5.60 Å². The first-order chi connectivity index (χ1) is 14.8. The van der Waals surface area contributed by atoms with Gasteiger partial charge in [-0.3, -0.25) is 0 Å². The van der Waals surface area contributed by atoms with Crippen molar-refractivity contribution in [2.75, 3.05) is 20.1 Å². The first-order valence-corrected chi connectivity index (χ1v) is 10.1. The van der Waals surface area contributed by atoms with Crippen LogP contribution in [0.15, 0.2) is 78.9 Å². The van der Waals surface area contributed by atoms with Crippen LogP contribution in [0.4, 0.5) is 8.78 Å². The largest absolute Gasteiger partial charge is 0.457 e. The molecule has 0 amide bonds. The van der Waals surface area contributed by atoms with Crippen LogP contribution in [0.25, 0.3) is 0 Å². The lowest BCUT2D eigenvalue weighted by Crippen LogP contribution is -2.63. The highest BCUT2D eigenvalue weighted by atomic mass is 19.3. The maximum atomic E-state index is 12.5. The molecule has 3 aromatic rings. The first-order valence-electron chi connectivity index (χ1n) is 10.1. The number of para-hydroxylation sites is 1. The molecule has 31 heavy (non-hydrogen) atoms. The molecule has 6 heteroatoms. The summed E-state index contributed by atoms with van der Waals surface area (Å²) in [5.74, 6) is 1.45. The third kappa shape index (κ3) is 4.13. The number of hydrogen-bond acceptors (Lipinski definition) is 4. The molecule has 3 aromatic carbocycles. The van der Waals surface area contributed by atoms with Gasteiger partial charge in [0.05, 0.1) is 0 Å². The number of ether oxygens (including phenoxy) is 2. The van der Waals surface area contributed by atoms with Crippen molar-refractivity contribution in [3.63, 3.8) is 0 Å². The van der Waals surface area contributed by atoms with Crippen molar-refractivity contribution in [1.29, 1.82) is 0 Å². The molecule has 1 aliphatic rings. The fourth-order valence-corrected chi connectivity index (χ4v) is 4.50. The average molecular weight is 425 g/mol. The van der Waals surface area contributed by atoms with Crippen molar-refractivity contribution in [2.45, 2.75) is 19.1 Å². The topological polar surface area (TPSA) is 41.9 Å². The van der Waals surface area contributed by atoms with Crippen LogP contribution in [0.2, 0.25) is 0 Å². The smallest absolute Gasteiger partial charge is 0.387 e. The zero-order chi connectivity index (χ0) is 22.1. The van der Waals surface area contributed by atoms with Crippen molar-refractivity contribution >= 4 is 0 Å². The summed E-state index contributed by atoms with van der Waals surface area (Å²) in [4.78, 5) is 2.13. The summed E-state index contributed by atoms with van der Waals surface area (Å²) < 4.78 is 35.4. The van der Waals surface area contributed by atoms with E-state index >= 15 is 0 Å². The zero-order valence-electron chi connectivity index (χ0n) is 17.5. The SMILES string of the molecule is CN1CC(C)([C@](O)(c2ccc(Oc3ccccc3)cc2)c2ccc(OC(F)F)cc2)C1. The number of alkyl halides is 2. The molecule has 4 nitrogen and oxygen atoms in total. The minimum atomic E-state index is -2.89. The summed E-state index contributed by atoms with van der Waals surface area (Å²) in [6.45, 7) is 0.534. The van der Waals surface area contributed by atoms with E-state index < -0.39 is 17.6 Å². The predicted molar refractivity (Wildman–Crippen MR) is 115 cm³/mol. The maximum absolute atomic E-state index is 12.5. The van der Waals surface area contributed by atoms with E-state index in [0.29, 0.717) is 30.0 Å². The summed E-state index contributed by atoms with van der Waals surface area (Å²) in [6, 6.07) is 23.1. The fraction of sp³-hybridized carbons (Fsp3) is 0.280. The second kappa shape index (κ2) is 8.29. The lowest BCUT2D eigenvalue weighted by Gasteiger charge is -2.56. The molecule has 0 unspecified atom stereocenters. The molecule has 0 aromatic heterocycles. The Kier molecular flexibility index (Phi) is 5.69. The Hall–Kier alpha value is -2.96. The lowest BCUT2D eigenvalue weighted by molar-refractivity contribution is -0.127. The van der Waals surface area contributed by atoms with Crippen molar-refractivity contribution in [3.8, 4) is 17.2 Å². The van der Waals surface area contributed by atoms with E-state index in [1.54, 1.807) is 12.1 Å². The van der Waals surface area contributed by atoms with E-state index in [0.717, 1.165) is 5.75 Å². The van der Waals surface area contributed by atoms with E-state index in [4.69, 9.17) is 4.74 Å². The summed E-state index contributed by atoms with van der Waals surface area (Å²) in [6.07, 6.45) is 0. The Labute approximate surface area is 180 Å². The molecule has 0 spiro atoms. The molecule has 1 N–H and O–H groups in total. The van der Waals surface area contributed by atoms with Gasteiger partial charge in [0, 0.05) is 18.5 Å². The van der Waals surface area contributed by atoms with Gasteiger partial charge in [0.2, 0.25) is 0 Å². The van der Waals surface area contributed by atoms with Gasteiger partial charge in [0.15, 0.2) is 0 Å². The van der Waals surface area contributed by atoms with Gasteiger partial charge < -0.3 is 19.5 Å². The second-order valence-corrected chi connectivity index (χ2v) is 8.29. The van der Waals surface area contributed by atoms with Gasteiger partial charge in [0.1, 0.15) is 22.8 Å². The Bertz CT molecular complexity index is 1000. The van der Waals surface area contributed by atoms with Gasteiger partial charge >= 0.3 is 6.61 Å². The highest BCUT2D eigenvalue weighted by molar-refractivity contribution is 5.44. The number of nitrogens with zero attached hydrogens (tertiary/aromatic N) is 1. The Balaban J connectivity index is 1.67. The van der Waals surface area contributed by atoms with Gasteiger partial charge in [-0.2, -0.15) is 8.78 Å². The molecule has 4 rings (SSSR count). The van der Waals surface area contributed by atoms with Crippen LogP contribution in [-0.4, -0.2) is 36.8 Å². The van der Waals surface area contributed by atoms with Crippen LogP contribution in [0.1, 0.15) is 18.1 Å². The summed E-state index contributed by atoms with van der Waals surface area (Å²) >= 11 is 0. The van der Waals surface area contributed by atoms with Crippen molar-refractivity contribution in [2.24, 2.45) is 5.41 Å². The highest BCUT2D eigenvalue weighted by Gasteiger charge is 2.55. The van der Waals surface area contributed by atoms with Crippen molar-refractivity contribution in [3.05, 3.63) is 90.0 Å². The fourth-order valence-electron chi connectivity index (χ4n) is 4.50. The minimum absolute atomic E-state index is 0.0589. The Morgan fingerprint density at radius 1 is 0.839 bits per heavy atom. The standard InChI is InChI=1S/C25H25F2NO3/c1-24(16-28(2)17-24)25(29,19-10-14-22(15-11-19)31-23(26)27)18-8-12-21(13-9-18)30-20-6-4-3-5-7-20/h3-15,23,29H,16-17H2,1-2H3/t25-/m0/s1. The molecule has 162 valence electrons. The van der Waals surface area contributed by atoms with Crippen LogP contribution >= 0.6 is 0 Å². The molecule has 0 radical (unpaired) electrons. The normalized spacial score (nSPS) is 17.6. The number of halogens is 2. The number of aliphatic hydroxyl groups is 1. The number of likely N-dealkylation sites (tertiary alicyclic amines) is 1. The van der Waals surface area contributed by atoms with E-state index in [1.165, 1.54) is 12.1 Å². The molecule has 1 fully saturated rings. The van der Waals surface area contributed by atoms with Crippen LogP contribution in [0, 0.1) is 5.41 Å². The highest BCUT2D eigenvalue weighted by Crippen LogP contribution is 2.50. The van der Waals surface area contributed by atoms with Crippen LogP contribution in [0.3, 0.4) is 0 Å². The second-order valence-electron chi connectivity index (χ2n) is 8.29. The van der Waals surface area contributed by atoms with Gasteiger partial charge in [-0.1, -0.05) is 49.4 Å². The molecular weight excluding hydrogens is 400 g/mol. The van der Waals surface area contributed by atoms with Crippen LogP contribution < -0.4 is 9.47 Å². The lowest BCUT2D eigenvalue weighted by atomic mass is 9.62. The first kappa shape index (κ1) is 21.3.